The molecule has 1 aromatic heterocycles. The third kappa shape index (κ3) is 3.15. The molecule has 19 heavy (non-hydrogen) atoms. The molecule has 0 unspecified atom stereocenters. The summed E-state index contributed by atoms with van der Waals surface area (Å²) in [5.74, 6) is -2.30. The first-order valence-corrected chi connectivity index (χ1v) is 6.79. The zero-order valence-electron chi connectivity index (χ0n) is 9.97. The molecule has 0 fully saturated rings. The Morgan fingerprint density at radius 3 is 2.63 bits per heavy atom. The van der Waals surface area contributed by atoms with Crippen LogP contribution in [-0.2, 0) is 23.6 Å². The molecule has 1 heterocycles. The van der Waals surface area contributed by atoms with Crippen molar-refractivity contribution in [3.63, 3.8) is 0 Å². The van der Waals surface area contributed by atoms with Crippen molar-refractivity contribution in [3.8, 4) is 0 Å². The molecular weight excluding hydrogens is 276 g/mol. The lowest BCUT2D eigenvalue weighted by Gasteiger charge is -2.05. The Morgan fingerprint density at radius 1 is 1.32 bits per heavy atom. The first kappa shape index (κ1) is 13.6. The highest BCUT2D eigenvalue weighted by molar-refractivity contribution is 7.89. The van der Waals surface area contributed by atoms with Crippen LogP contribution >= 0.6 is 0 Å². The summed E-state index contributed by atoms with van der Waals surface area (Å²) in [5.41, 5.74) is 0.661. The summed E-state index contributed by atoms with van der Waals surface area (Å²) in [6.45, 7) is 0.0230. The number of halogens is 2. The van der Waals surface area contributed by atoms with Gasteiger partial charge in [0.15, 0.2) is 11.6 Å². The van der Waals surface area contributed by atoms with Crippen LogP contribution in [-0.4, -0.2) is 18.2 Å². The van der Waals surface area contributed by atoms with E-state index in [9.17, 15) is 17.2 Å². The minimum atomic E-state index is -3.88. The number of nitrogens with one attached hydrogen (secondary N) is 1. The summed E-state index contributed by atoms with van der Waals surface area (Å²) in [6.07, 6.45) is 3.15. The Morgan fingerprint density at radius 2 is 2.05 bits per heavy atom. The molecule has 5 nitrogen and oxygen atoms in total. The van der Waals surface area contributed by atoms with Gasteiger partial charge in [0, 0.05) is 25.4 Å². The van der Waals surface area contributed by atoms with Crippen LogP contribution in [0.3, 0.4) is 0 Å². The van der Waals surface area contributed by atoms with Gasteiger partial charge >= 0.3 is 0 Å². The number of benzene rings is 1. The highest BCUT2D eigenvalue weighted by Crippen LogP contribution is 2.14. The summed E-state index contributed by atoms with van der Waals surface area (Å²) in [5, 5.41) is 3.89. The third-order valence-electron chi connectivity index (χ3n) is 2.43. The van der Waals surface area contributed by atoms with Gasteiger partial charge in [-0.15, -0.1) is 0 Å². The molecule has 0 bridgehead atoms. The highest BCUT2D eigenvalue weighted by atomic mass is 32.2. The van der Waals surface area contributed by atoms with Gasteiger partial charge in [-0.05, 0) is 18.2 Å². The molecule has 0 saturated heterocycles. The number of hydrogen-bond acceptors (Lipinski definition) is 3. The Hall–Kier alpha value is -1.80. The molecule has 0 spiro atoms. The highest BCUT2D eigenvalue weighted by Gasteiger charge is 2.16. The van der Waals surface area contributed by atoms with Gasteiger partial charge in [0.1, 0.15) is 0 Å². The summed E-state index contributed by atoms with van der Waals surface area (Å²) in [4.78, 5) is -0.324. The van der Waals surface area contributed by atoms with Crippen molar-refractivity contribution in [2.24, 2.45) is 7.05 Å². The molecule has 0 saturated carbocycles. The van der Waals surface area contributed by atoms with Crippen molar-refractivity contribution in [2.75, 3.05) is 0 Å². The van der Waals surface area contributed by atoms with Crippen LogP contribution in [0.4, 0.5) is 8.78 Å². The summed E-state index contributed by atoms with van der Waals surface area (Å²) in [6, 6.07) is 2.42. The Kier molecular flexibility index (Phi) is 3.63. The van der Waals surface area contributed by atoms with E-state index in [1.165, 1.54) is 10.9 Å². The quantitative estimate of drug-likeness (QED) is 0.918. The van der Waals surface area contributed by atoms with Crippen molar-refractivity contribution >= 4 is 10.0 Å². The largest absolute Gasteiger partial charge is 0.275 e. The number of sulfonamides is 1. The van der Waals surface area contributed by atoms with Crippen molar-refractivity contribution < 1.29 is 17.2 Å². The minimum absolute atomic E-state index is 0.0230. The van der Waals surface area contributed by atoms with Gasteiger partial charge < -0.3 is 0 Å². The maximum absolute atomic E-state index is 13.0. The molecule has 0 aliphatic heterocycles. The van der Waals surface area contributed by atoms with Gasteiger partial charge in [0.25, 0.3) is 0 Å². The number of nitrogens with zero attached hydrogens (tertiary/aromatic N) is 2. The smallest absolute Gasteiger partial charge is 0.240 e. The average molecular weight is 287 g/mol. The van der Waals surface area contributed by atoms with Crippen LogP contribution in [0.2, 0.25) is 0 Å². The second-order valence-corrected chi connectivity index (χ2v) is 5.69. The predicted molar refractivity (Wildman–Crippen MR) is 63.6 cm³/mol. The van der Waals surface area contributed by atoms with E-state index in [1.54, 1.807) is 13.2 Å². The topological polar surface area (TPSA) is 64.0 Å². The predicted octanol–water partition coefficient (Wildman–Crippen LogP) is 1.18. The standard InChI is InChI=1S/C11H11F2N3O2S/c1-16-7-8(5-14-16)6-15-19(17,18)9-2-3-10(12)11(13)4-9/h2-5,7,15H,6H2,1H3. The lowest BCUT2D eigenvalue weighted by molar-refractivity contribution is 0.504. The van der Waals surface area contributed by atoms with Crippen molar-refractivity contribution in [2.45, 2.75) is 11.4 Å². The van der Waals surface area contributed by atoms with E-state index < -0.39 is 21.7 Å². The van der Waals surface area contributed by atoms with E-state index in [0.29, 0.717) is 11.6 Å². The van der Waals surface area contributed by atoms with Gasteiger partial charge in [-0.1, -0.05) is 0 Å². The van der Waals surface area contributed by atoms with Crippen molar-refractivity contribution in [3.05, 3.63) is 47.8 Å². The maximum Gasteiger partial charge on any atom is 0.240 e. The van der Waals surface area contributed by atoms with E-state index in [4.69, 9.17) is 0 Å². The lowest BCUT2D eigenvalue weighted by Crippen LogP contribution is -2.23. The van der Waals surface area contributed by atoms with E-state index in [1.807, 2.05) is 0 Å². The first-order valence-electron chi connectivity index (χ1n) is 5.31. The van der Waals surface area contributed by atoms with Gasteiger partial charge in [-0.2, -0.15) is 5.10 Å². The van der Waals surface area contributed by atoms with Gasteiger partial charge in [-0.25, -0.2) is 21.9 Å². The average Bonchev–Trinajstić information content (AvgIpc) is 2.76. The number of rotatable bonds is 4. The van der Waals surface area contributed by atoms with Crippen molar-refractivity contribution in [1.82, 2.24) is 14.5 Å². The van der Waals surface area contributed by atoms with E-state index in [-0.39, 0.29) is 11.4 Å². The molecule has 0 radical (unpaired) electrons. The molecular formula is C11H11F2N3O2S. The minimum Gasteiger partial charge on any atom is -0.275 e. The second kappa shape index (κ2) is 5.06. The number of aryl methyl sites for hydroxylation is 1. The van der Waals surface area contributed by atoms with Gasteiger partial charge in [0.2, 0.25) is 10.0 Å². The summed E-state index contributed by atoms with van der Waals surface area (Å²) < 4.78 is 53.2. The molecule has 2 rings (SSSR count). The molecule has 8 heteroatoms. The van der Waals surface area contributed by atoms with Gasteiger partial charge in [0.05, 0.1) is 11.1 Å². The fraction of sp³-hybridized carbons (Fsp3) is 0.182. The third-order valence-corrected chi connectivity index (χ3v) is 3.82. The van der Waals surface area contributed by atoms with Crippen LogP contribution in [0.15, 0.2) is 35.5 Å². The van der Waals surface area contributed by atoms with Crippen LogP contribution in [0.5, 0.6) is 0 Å². The van der Waals surface area contributed by atoms with E-state index >= 15 is 0 Å². The molecule has 0 atom stereocenters. The zero-order chi connectivity index (χ0) is 14.0. The van der Waals surface area contributed by atoms with Crippen LogP contribution < -0.4 is 4.72 Å². The van der Waals surface area contributed by atoms with Crippen LogP contribution in [0.25, 0.3) is 0 Å². The fourth-order valence-electron chi connectivity index (χ4n) is 1.47. The van der Waals surface area contributed by atoms with Crippen LogP contribution in [0.1, 0.15) is 5.56 Å². The number of hydrogen-bond donors (Lipinski definition) is 1. The molecule has 2 aromatic rings. The first-order chi connectivity index (χ1) is 8.88. The van der Waals surface area contributed by atoms with Gasteiger partial charge in [-0.3, -0.25) is 4.68 Å². The second-order valence-electron chi connectivity index (χ2n) is 3.92. The maximum atomic E-state index is 13.0. The molecule has 0 aliphatic carbocycles. The van der Waals surface area contributed by atoms with Crippen molar-refractivity contribution in [1.29, 1.82) is 0 Å². The molecule has 0 aliphatic rings. The Bertz CT molecular complexity index is 698. The van der Waals surface area contributed by atoms with E-state index in [0.717, 1.165) is 12.1 Å². The Labute approximate surface area is 108 Å². The Balaban J connectivity index is 2.16. The fourth-order valence-corrected chi connectivity index (χ4v) is 2.50. The molecule has 102 valence electrons. The summed E-state index contributed by atoms with van der Waals surface area (Å²) >= 11 is 0. The lowest BCUT2D eigenvalue weighted by atomic mass is 10.3. The van der Waals surface area contributed by atoms with E-state index in [2.05, 4.69) is 9.82 Å². The normalized spacial score (nSPS) is 11.7. The molecule has 1 aromatic carbocycles. The monoisotopic (exact) mass is 287 g/mol. The molecule has 0 amide bonds. The zero-order valence-corrected chi connectivity index (χ0v) is 10.8. The number of aromatic nitrogens is 2. The summed E-state index contributed by atoms with van der Waals surface area (Å²) in [7, 11) is -2.18. The van der Waals surface area contributed by atoms with Crippen LogP contribution in [0, 0.1) is 11.6 Å². The molecule has 1 N–H and O–H groups in total. The SMILES string of the molecule is Cn1cc(CNS(=O)(=O)c2ccc(F)c(F)c2)cn1.